The number of carboxylic acid groups (broad SMARTS) is 1. The quantitative estimate of drug-likeness (QED) is 0.830. The molecule has 0 unspecified atom stereocenters. The van der Waals surface area contributed by atoms with Crippen LogP contribution in [0.4, 0.5) is 0 Å². The van der Waals surface area contributed by atoms with Gasteiger partial charge >= 0.3 is 5.97 Å². The Hall–Kier alpha value is -2.69. The molecule has 0 heterocycles. The van der Waals surface area contributed by atoms with Crippen molar-refractivity contribution in [2.45, 2.75) is 17.9 Å². The highest BCUT2D eigenvalue weighted by molar-refractivity contribution is 7.89. The summed E-state index contributed by atoms with van der Waals surface area (Å²) in [4.78, 5) is 10.8. The minimum Gasteiger partial charge on any atom is -0.481 e. The van der Waals surface area contributed by atoms with Crippen molar-refractivity contribution >= 4 is 16.0 Å². The maximum absolute atomic E-state index is 12.8. The first-order valence-electron chi connectivity index (χ1n) is 7.19. The van der Waals surface area contributed by atoms with E-state index in [1.807, 2.05) is 12.1 Å². The zero-order valence-electron chi connectivity index (χ0n) is 12.8. The molecular formula is C17H16N2O4S. The number of hydrogen-bond acceptors (Lipinski definition) is 4. The van der Waals surface area contributed by atoms with Crippen molar-refractivity contribution < 1.29 is 18.3 Å². The molecule has 24 heavy (non-hydrogen) atoms. The van der Waals surface area contributed by atoms with Gasteiger partial charge in [0.25, 0.3) is 0 Å². The van der Waals surface area contributed by atoms with Gasteiger partial charge in [0.15, 0.2) is 0 Å². The molecule has 1 N–H and O–H groups in total. The fourth-order valence-corrected chi connectivity index (χ4v) is 3.64. The molecule has 2 aromatic rings. The lowest BCUT2D eigenvalue weighted by atomic mass is 10.2. The molecule has 0 amide bonds. The number of hydrogen-bond donors (Lipinski definition) is 1. The molecule has 0 fully saturated rings. The lowest BCUT2D eigenvalue weighted by Crippen LogP contribution is -2.32. The van der Waals surface area contributed by atoms with Gasteiger partial charge in [-0.05, 0) is 23.8 Å². The van der Waals surface area contributed by atoms with E-state index in [0.717, 1.165) is 9.87 Å². The maximum atomic E-state index is 12.8. The molecule has 7 heteroatoms. The summed E-state index contributed by atoms with van der Waals surface area (Å²) in [6.45, 7) is -0.0867. The number of nitriles is 1. The summed E-state index contributed by atoms with van der Waals surface area (Å²) in [6.07, 6.45) is -0.302. The molecule has 0 bridgehead atoms. The van der Waals surface area contributed by atoms with E-state index in [9.17, 15) is 13.2 Å². The minimum atomic E-state index is -3.91. The topological polar surface area (TPSA) is 98.5 Å². The van der Waals surface area contributed by atoms with Gasteiger partial charge in [-0.3, -0.25) is 4.79 Å². The van der Waals surface area contributed by atoms with E-state index in [1.54, 1.807) is 24.3 Å². The van der Waals surface area contributed by atoms with Gasteiger partial charge < -0.3 is 5.11 Å². The van der Waals surface area contributed by atoms with Gasteiger partial charge in [-0.1, -0.05) is 36.4 Å². The van der Waals surface area contributed by atoms with Crippen LogP contribution in [0.5, 0.6) is 0 Å². The highest BCUT2D eigenvalue weighted by Crippen LogP contribution is 2.20. The van der Waals surface area contributed by atoms with Crippen LogP contribution >= 0.6 is 0 Å². The Morgan fingerprint density at radius 1 is 1.12 bits per heavy atom. The largest absolute Gasteiger partial charge is 0.481 e. The monoisotopic (exact) mass is 344 g/mol. The molecule has 6 nitrogen and oxygen atoms in total. The summed E-state index contributed by atoms with van der Waals surface area (Å²) < 4.78 is 26.8. The van der Waals surface area contributed by atoms with Gasteiger partial charge in [-0.15, -0.1) is 0 Å². The second-order valence-corrected chi connectivity index (χ2v) is 7.05. The Bertz CT molecular complexity index is 858. The summed E-state index contributed by atoms with van der Waals surface area (Å²) in [7, 11) is -3.91. The van der Waals surface area contributed by atoms with Gasteiger partial charge in [0.2, 0.25) is 10.0 Å². The van der Waals surface area contributed by atoms with Crippen LogP contribution in [-0.2, 0) is 21.4 Å². The van der Waals surface area contributed by atoms with Crippen LogP contribution in [0.25, 0.3) is 0 Å². The van der Waals surface area contributed by atoms with E-state index >= 15 is 0 Å². The number of benzene rings is 2. The van der Waals surface area contributed by atoms with Gasteiger partial charge in [0.1, 0.15) is 0 Å². The predicted octanol–water partition coefficient (Wildman–Crippen LogP) is 2.22. The molecule has 0 atom stereocenters. The Morgan fingerprint density at radius 2 is 1.83 bits per heavy atom. The van der Waals surface area contributed by atoms with Gasteiger partial charge in [-0.25, -0.2) is 8.42 Å². The Labute approximate surface area is 140 Å². The molecule has 0 aliphatic carbocycles. The Kier molecular flexibility index (Phi) is 5.68. The smallest absolute Gasteiger partial charge is 0.304 e. The second-order valence-electron chi connectivity index (χ2n) is 5.11. The summed E-state index contributed by atoms with van der Waals surface area (Å²) in [5.74, 6) is -1.07. The molecule has 0 spiro atoms. The van der Waals surface area contributed by atoms with Crippen molar-refractivity contribution in [2.24, 2.45) is 0 Å². The third-order valence-electron chi connectivity index (χ3n) is 3.38. The lowest BCUT2D eigenvalue weighted by Gasteiger charge is -2.21. The molecule has 0 radical (unpaired) electrons. The lowest BCUT2D eigenvalue weighted by molar-refractivity contribution is -0.137. The standard InChI is InChI=1S/C17H16N2O4S/c18-12-15-7-4-8-16(11-15)24(22,23)19(10-9-17(20)21)13-14-5-2-1-3-6-14/h1-8,11H,9-10,13H2,(H,20,21). The third-order valence-corrected chi connectivity index (χ3v) is 5.22. The van der Waals surface area contributed by atoms with Crippen molar-refractivity contribution in [3.05, 3.63) is 65.7 Å². The number of sulfonamides is 1. The van der Waals surface area contributed by atoms with Gasteiger partial charge in [0.05, 0.1) is 22.9 Å². The van der Waals surface area contributed by atoms with E-state index < -0.39 is 16.0 Å². The molecule has 0 saturated heterocycles. The zero-order valence-corrected chi connectivity index (χ0v) is 13.6. The van der Waals surface area contributed by atoms with E-state index in [4.69, 9.17) is 10.4 Å². The first-order chi connectivity index (χ1) is 11.4. The van der Waals surface area contributed by atoms with Crippen molar-refractivity contribution in [3.8, 4) is 6.07 Å². The number of carboxylic acids is 1. The number of rotatable bonds is 7. The molecule has 0 aromatic heterocycles. The zero-order chi connectivity index (χ0) is 17.6. The first-order valence-corrected chi connectivity index (χ1v) is 8.63. The fourth-order valence-electron chi connectivity index (χ4n) is 2.17. The van der Waals surface area contributed by atoms with E-state index in [1.165, 1.54) is 24.3 Å². The molecule has 0 aliphatic heterocycles. The van der Waals surface area contributed by atoms with Gasteiger partial charge in [0, 0.05) is 13.1 Å². The summed E-state index contributed by atoms with van der Waals surface area (Å²) >= 11 is 0. The van der Waals surface area contributed by atoms with Gasteiger partial charge in [-0.2, -0.15) is 9.57 Å². The van der Waals surface area contributed by atoms with Crippen LogP contribution in [0.2, 0.25) is 0 Å². The Balaban J connectivity index is 2.36. The van der Waals surface area contributed by atoms with E-state index in [2.05, 4.69) is 0 Å². The SMILES string of the molecule is N#Cc1cccc(S(=O)(=O)N(CCC(=O)O)Cc2ccccc2)c1. The highest BCUT2D eigenvalue weighted by Gasteiger charge is 2.25. The minimum absolute atomic E-state index is 0.0251. The Morgan fingerprint density at radius 3 is 2.46 bits per heavy atom. The molecule has 124 valence electrons. The van der Waals surface area contributed by atoms with Crippen LogP contribution in [0.1, 0.15) is 17.5 Å². The summed E-state index contributed by atoms with van der Waals surface area (Å²) in [6, 6.07) is 16.5. The molecule has 0 aliphatic rings. The van der Waals surface area contributed by atoms with Crippen LogP contribution in [0.3, 0.4) is 0 Å². The molecule has 0 saturated carbocycles. The molecular weight excluding hydrogens is 328 g/mol. The van der Waals surface area contributed by atoms with Crippen molar-refractivity contribution in [3.63, 3.8) is 0 Å². The second kappa shape index (κ2) is 7.73. The van der Waals surface area contributed by atoms with E-state index in [-0.39, 0.29) is 30.0 Å². The molecule has 2 rings (SSSR count). The van der Waals surface area contributed by atoms with E-state index in [0.29, 0.717) is 0 Å². The molecule has 2 aromatic carbocycles. The predicted molar refractivity (Wildman–Crippen MR) is 87.4 cm³/mol. The fraction of sp³-hybridized carbons (Fsp3) is 0.176. The van der Waals surface area contributed by atoms with Crippen LogP contribution in [0, 0.1) is 11.3 Å². The van der Waals surface area contributed by atoms with Crippen LogP contribution < -0.4 is 0 Å². The summed E-state index contributed by atoms with van der Waals surface area (Å²) in [5.41, 5.74) is 0.983. The summed E-state index contributed by atoms with van der Waals surface area (Å²) in [5, 5.41) is 17.8. The highest BCUT2D eigenvalue weighted by atomic mass is 32.2. The number of nitrogens with zero attached hydrogens (tertiary/aromatic N) is 2. The average molecular weight is 344 g/mol. The van der Waals surface area contributed by atoms with Crippen molar-refractivity contribution in [1.29, 1.82) is 5.26 Å². The number of carbonyl (C=O) groups is 1. The van der Waals surface area contributed by atoms with Crippen LogP contribution in [-0.4, -0.2) is 30.3 Å². The number of aliphatic carboxylic acids is 1. The first kappa shape index (κ1) is 17.7. The van der Waals surface area contributed by atoms with Crippen molar-refractivity contribution in [1.82, 2.24) is 4.31 Å². The maximum Gasteiger partial charge on any atom is 0.304 e. The van der Waals surface area contributed by atoms with Crippen LogP contribution in [0.15, 0.2) is 59.5 Å². The third kappa shape index (κ3) is 4.41. The van der Waals surface area contributed by atoms with Crippen molar-refractivity contribution in [2.75, 3.05) is 6.54 Å². The average Bonchev–Trinajstić information content (AvgIpc) is 2.59. The normalized spacial score (nSPS) is 11.2.